The van der Waals surface area contributed by atoms with E-state index in [1.807, 2.05) is 0 Å². The molecule has 12 heteroatoms. The fraction of sp³-hybridized carbons (Fsp3) is 0.571. The van der Waals surface area contributed by atoms with Crippen LogP contribution in [0.3, 0.4) is 0 Å². The van der Waals surface area contributed by atoms with Gasteiger partial charge in [0.25, 0.3) is 0 Å². The highest BCUT2D eigenvalue weighted by Crippen LogP contribution is 2.22. The van der Waals surface area contributed by atoms with E-state index < -0.39 is 29.5 Å². The summed E-state index contributed by atoms with van der Waals surface area (Å²) in [7, 11) is 1.40. The average Bonchev–Trinajstić information content (AvgIpc) is 3.09. The van der Waals surface area contributed by atoms with Crippen LogP contribution >= 0.6 is 0 Å². The molecule has 0 spiro atoms. The number of nitrogens with zero attached hydrogens (tertiary/aromatic N) is 4. The van der Waals surface area contributed by atoms with E-state index in [0.717, 1.165) is 0 Å². The summed E-state index contributed by atoms with van der Waals surface area (Å²) < 4.78 is 31.4. The summed E-state index contributed by atoms with van der Waals surface area (Å²) >= 11 is 0. The van der Waals surface area contributed by atoms with Crippen LogP contribution in [0, 0.1) is 18.4 Å². The Hall–Kier alpha value is -3.46. The third-order valence-electron chi connectivity index (χ3n) is 4.31. The van der Waals surface area contributed by atoms with Gasteiger partial charge < -0.3 is 24.1 Å². The Morgan fingerprint density at radius 3 is 2.55 bits per heavy atom. The number of terminal acetylenes is 1. The van der Waals surface area contributed by atoms with Gasteiger partial charge in [-0.1, -0.05) is 5.92 Å². The van der Waals surface area contributed by atoms with E-state index in [2.05, 4.69) is 31.5 Å². The van der Waals surface area contributed by atoms with Crippen LogP contribution in [0.5, 0.6) is 0 Å². The zero-order valence-corrected chi connectivity index (χ0v) is 19.6. The number of amides is 2. The summed E-state index contributed by atoms with van der Waals surface area (Å²) in [6, 6.07) is -0.101. The maximum absolute atomic E-state index is 14.1. The molecule has 2 aromatic rings. The number of fused-ring (bicyclic) bond motifs is 1. The van der Waals surface area contributed by atoms with Gasteiger partial charge in [0.05, 0.1) is 6.33 Å². The second-order valence-corrected chi connectivity index (χ2v) is 8.55. The molecule has 1 unspecified atom stereocenters. The molecule has 11 nitrogen and oxygen atoms in total. The highest BCUT2D eigenvalue weighted by Gasteiger charge is 2.30. The lowest BCUT2D eigenvalue weighted by Gasteiger charge is -2.26. The van der Waals surface area contributed by atoms with Gasteiger partial charge in [-0.3, -0.25) is 5.32 Å². The van der Waals surface area contributed by atoms with Gasteiger partial charge in [-0.2, -0.15) is 14.4 Å². The molecule has 2 aromatic heterocycles. The van der Waals surface area contributed by atoms with Crippen molar-refractivity contribution in [3.8, 4) is 12.3 Å². The number of anilines is 1. The van der Waals surface area contributed by atoms with Crippen molar-refractivity contribution >= 4 is 29.2 Å². The molecule has 1 atom stereocenters. The van der Waals surface area contributed by atoms with Crippen LogP contribution in [0.25, 0.3) is 11.2 Å². The number of imidazole rings is 1. The molecule has 0 saturated carbocycles. The maximum atomic E-state index is 14.1. The minimum atomic E-state index is -1.23. The third-order valence-corrected chi connectivity index (χ3v) is 4.31. The van der Waals surface area contributed by atoms with E-state index in [9.17, 15) is 14.0 Å². The Bertz CT molecular complexity index is 1040. The Labute approximate surface area is 191 Å². The van der Waals surface area contributed by atoms with Gasteiger partial charge in [0, 0.05) is 26.1 Å². The predicted octanol–water partition coefficient (Wildman–Crippen LogP) is 2.86. The van der Waals surface area contributed by atoms with Gasteiger partial charge in [-0.05, 0) is 34.6 Å². The fourth-order valence-corrected chi connectivity index (χ4v) is 2.74. The first kappa shape index (κ1) is 25.8. The zero-order valence-electron chi connectivity index (χ0n) is 19.6. The topological polar surface area (TPSA) is 129 Å². The van der Waals surface area contributed by atoms with Crippen molar-refractivity contribution in [2.24, 2.45) is 0 Å². The van der Waals surface area contributed by atoms with Crippen LogP contribution in [0.4, 0.5) is 19.8 Å². The van der Waals surface area contributed by atoms with Crippen molar-refractivity contribution in [2.45, 2.75) is 64.8 Å². The Kier molecular flexibility index (Phi) is 8.16. The van der Waals surface area contributed by atoms with Crippen molar-refractivity contribution in [1.82, 2.24) is 24.8 Å². The molecule has 0 aliphatic rings. The number of halogens is 1. The molecule has 180 valence electrons. The second kappa shape index (κ2) is 10.4. The normalized spacial score (nSPS) is 13.3. The molecule has 2 heterocycles. The largest absolute Gasteiger partial charge is 0.445 e. The average molecular weight is 464 g/mol. The van der Waals surface area contributed by atoms with Crippen LogP contribution in [0.2, 0.25) is 0 Å². The van der Waals surface area contributed by atoms with Gasteiger partial charge in [0.15, 0.2) is 22.6 Å². The highest BCUT2D eigenvalue weighted by atomic mass is 19.1. The number of ether oxygens (including phenoxy) is 3. The predicted molar refractivity (Wildman–Crippen MR) is 118 cm³/mol. The molecule has 0 aliphatic heterocycles. The monoisotopic (exact) mass is 464 g/mol. The number of aryl methyl sites for hydroxylation is 1. The first-order chi connectivity index (χ1) is 15.4. The molecule has 0 radical (unpaired) electrons. The summed E-state index contributed by atoms with van der Waals surface area (Å²) in [5, 5.41) is 4.98. The molecule has 0 bridgehead atoms. The molecule has 2 N–H and O–H groups in total. The number of hydrogen-bond donors (Lipinski definition) is 2. The van der Waals surface area contributed by atoms with Crippen LogP contribution in [-0.4, -0.2) is 62.7 Å². The molecular weight excluding hydrogens is 435 g/mol. The highest BCUT2D eigenvalue weighted by molar-refractivity contribution is 5.93. The van der Waals surface area contributed by atoms with Crippen molar-refractivity contribution in [2.75, 3.05) is 19.0 Å². The third kappa shape index (κ3) is 7.28. The van der Waals surface area contributed by atoms with Crippen molar-refractivity contribution in [3.63, 3.8) is 0 Å². The fourth-order valence-electron chi connectivity index (χ4n) is 2.74. The molecule has 0 aliphatic carbocycles. The van der Waals surface area contributed by atoms with E-state index in [4.69, 9.17) is 20.6 Å². The lowest BCUT2D eigenvalue weighted by molar-refractivity contribution is -0.0215. The van der Waals surface area contributed by atoms with Gasteiger partial charge in [0.2, 0.25) is 0 Å². The van der Waals surface area contributed by atoms with Gasteiger partial charge in [0.1, 0.15) is 12.2 Å². The molecule has 0 aromatic carbocycles. The van der Waals surface area contributed by atoms with Crippen LogP contribution in [0.15, 0.2) is 6.33 Å². The van der Waals surface area contributed by atoms with Crippen molar-refractivity contribution in [3.05, 3.63) is 12.4 Å². The Morgan fingerprint density at radius 2 is 1.97 bits per heavy atom. The summed E-state index contributed by atoms with van der Waals surface area (Å²) in [6.07, 6.45) is 4.77. The summed E-state index contributed by atoms with van der Waals surface area (Å²) in [5.41, 5.74) is -1.68. The Morgan fingerprint density at radius 1 is 1.27 bits per heavy atom. The Balaban J connectivity index is 2.19. The van der Waals surface area contributed by atoms with E-state index >= 15 is 0 Å². The van der Waals surface area contributed by atoms with Gasteiger partial charge in [-0.25, -0.2) is 14.6 Å². The van der Waals surface area contributed by atoms with E-state index in [0.29, 0.717) is 0 Å². The summed E-state index contributed by atoms with van der Waals surface area (Å²) in [5.74, 6) is 2.38. The van der Waals surface area contributed by atoms with Gasteiger partial charge in [-0.15, -0.1) is 6.42 Å². The van der Waals surface area contributed by atoms with E-state index in [-0.39, 0.29) is 42.6 Å². The first-order valence-corrected chi connectivity index (χ1v) is 10.2. The number of methoxy groups -OCH3 is 1. The van der Waals surface area contributed by atoms with Gasteiger partial charge >= 0.3 is 18.3 Å². The van der Waals surface area contributed by atoms with E-state index in [1.165, 1.54) is 18.0 Å². The maximum Gasteiger partial charge on any atom is 0.413 e. The first-order valence-electron chi connectivity index (χ1n) is 10.2. The number of aromatic nitrogens is 4. The molecule has 2 rings (SSSR count). The number of hydrogen-bond acceptors (Lipinski definition) is 8. The molecule has 0 saturated heterocycles. The standard InChI is InChI=1S/C21H29FN6O5/c1-8-21(31-7,11-32-18(29)24-13(2)3)9-10-28-12-23-14-15(25-17(22)27-16(14)28)26-19(30)33-20(4,5)6/h1,12-13H,9-11H2,2-7H3,(H,24,29)(H,25,26,27,30). The number of alkyl carbamates (subject to hydrolysis) is 1. The summed E-state index contributed by atoms with van der Waals surface area (Å²) in [4.78, 5) is 35.5. The lowest BCUT2D eigenvalue weighted by Crippen LogP contribution is -2.40. The quantitative estimate of drug-likeness (QED) is 0.451. The van der Waals surface area contributed by atoms with Crippen LogP contribution in [0.1, 0.15) is 41.0 Å². The molecular formula is C21H29FN6O5. The van der Waals surface area contributed by atoms with E-state index in [1.54, 1.807) is 34.6 Å². The summed E-state index contributed by atoms with van der Waals surface area (Å²) in [6.45, 7) is 8.68. The molecule has 2 amide bonds. The zero-order chi connectivity index (χ0) is 24.8. The number of carbonyl (C=O) groups excluding carboxylic acids is 2. The van der Waals surface area contributed by atoms with Crippen molar-refractivity contribution in [1.29, 1.82) is 0 Å². The van der Waals surface area contributed by atoms with Crippen molar-refractivity contribution < 1.29 is 28.2 Å². The van der Waals surface area contributed by atoms with Crippen LogP contribution in [-0.2, 0) is 20.8 Å². The SMILES string of the molecule is C#CC(CCn1cnc2c(NC(=O)OC(C)(C)C)nc(F)nc21)(COC(=O)NC(C)C)OC. The minimum Gasteiger partial charge on any atom is -0.445 e. The smallest absolute Gasteiger partial charge is 0.413 e. The minimum absolute atomic E-state index is 0.101. The number of carbonyl (C=O) groups is 2. The number of nitrogens with one attached hydrogen (secondary N) is 2. The van der Waals surface area contributed by atoms with Crippen LogP contribution < -0.4 is 10.6 Å². The lowest BCUT2D eigenvalue weighted by atomic mass is 10.0. The molecule has 33 heavy (non-hydrogen) atoms. The number of rotatable bonds is 8. The second-order valence-electron chi connectivity index (χ2n) is 8.55. The molecule has 0 fully saturated rings.